The molecule has 0 amide bonds. The van der Waals surface area contributed by atoms with E-state index in [9.17, 15) is 8.42 Å². The number of hydrogen-bond donors (Lipinski definition) is 1. The molecule has 112 valence electrons. The Kier molecular flexibility index (Phi) is 5.41. The van der Waals surface area contributed by atoms with Gasteiger partial charge in [0.25, 0.3) is 0 Å². The van der Waals surface area contributed by atoms with Gasteiger partial charge in [0.15, 0.2) is 0 Å². The summed E-state index contributed by atoms with van der Waals surface area (Å²) in [5.41, 5.74) is 0.547. The van der Waals surface area contributed by atoms with E-state index in [0.717, 1.165) is 37.7 Å². The molecule has 1 aliphatic carbocycles. The van der Waals surface area contributed by atoms with Gasteiger partial charge in [0.05, 0.1) is 5.75 Å². The second-order valence-corrected chi connectivity index (χ2v) is 7.61. The number of hydrogen-bond acceptors (Lipinski definition) is 3. The average Bonchev–Trinajstić information content (AvgIpc) is 2.47. The van der Waals surface area contributed by atoms with E-state index in [0.29, 0.717) is 12.3 Å². The van der Waals surface area contributed by atoms with E-state index in [1.54, 1.807) is 12.4 Å². The summed E-state index contributed by atoms with van der Waals surface area (Å²) in [4.78, 5) is 3.93. The molecule has 0 radical (unpaired) electrons. The van der Waals surface area contributed by atoms with Crippen molar-refractivity contribution in [3.05, 3.63) is 30.1 Å². The molecule has 0 unspecified atom stereocenters. The molecule has 1 fully saturated rings. The highest BCUT2D eigenvalue weighted by Gasteiger charge is 2.34. The number of alkyl halides is 1. The Balaban J connectivity index is 1.96. The van der Waals surface area contributed by atoms with E-state index >= 15 is 0 Å². The zero-order valence-corrected chi connectivity index (χ0v) is 13.1. The fourth-order valence-electron chi connectivity index (χ4n) is 2.67. The summed E-state index contributed by atoms with van der Waals surface area (Å²) in [6.45, 7) is 0. The molecule has 0 atom stereocenters. The fraction of sp³-hybridized carbons (Fsp3) is 0.643. The maximum Gasteiger partial charge on any atom is 0.212 e. The number of rotatable bonds is 6. The van der Waals surface area contributed by atoms with Crippen molar-refractivity contribution in [3.8, 4) is 0 Å². The van der Waals surface area contributed by atoms with Gasteiger partial charge in [-0.25, -0.2) is 13.1 Å². The van der Waals surface area contributed by atoms with Crippen molar-refractivity contribution in [2.75, 3.05) is 11.6 Å². The summed E-state index contributed by atoms with van der Waals surface area (Å²) in [5.74, 6) is 0.442. The third-order valence-electron chi connectivity index (χ3n) is 3.85. The van der Waals surface area contributed by atoms with E-state index < -0.39 is 15.6 Å². The molecular weight excluding hydrogens is 296 g/mol. The van der Waals surface area contributed by atoms with Gasteiger partial charge < -0.3 is 0 Å². The number of aromatic nitrogens is 1. The first-order valence-corrected chi connectivity index (χ1v) is 9.20. The number of pyridine rings is 1. The first-order valence-electron chi connectivity index (χ1n) is 7.02. The third-order valence-corrected chi connectivity index (χ3v) is 5.84. The Bertz CT molecular complexity index is 513. The molecule has 1 saturated carbocycles. The minimum absolute atomic E-state index is 0.0929. The topological polar surface area (TPSA) is 59.1 Å². The van der Waals surface area contributed by atoms with Gasteiger partial charge in [0.1, 0.15) is 0 Å². The lowest BCUT2D eigenvalue weighted by Gasteiger charge is -2.36. The van der Waals surface area contributed by atoms with Crippen molar-refractivity contribution < 1.29 is 8.42 Å². The minimum Gasteiger partial charge on any atom is -0.265 e. The molecule has 1 N–H and O–H groups in total. The zero-order chi connectivity index (χ0) is 14.5. The summed E-state index contributed by atoms with van der Waals surface area (Å²) in [5, 5.41) is 0. The number of nitrogens with zero attached hydrogens (tertiary/aromatic N) is 1. The molecule has 1 aromatic rings. The molecule has 0 bridgehead atoms. The highest BCUT2D eigenvalue weighted by atomic mass is 35.5. The lowest BCUT2D eigenvalue weighted by atomic mass is 9.84. The summed E-state index contributed by atoms with van der Waals surface area (Å²) in [6.07, 6.45) is 8.77. The molecule has 1 heterocycles. The maximum absolute atomic E-state index is 12.3. The Hall–Kier alpha value is -0.650. The molecule has 6 heteroatoms. The van der Waals surface area contributed by atoms with Gasteiger partial charge in [-0.2, -0.15) is 0 Å². The molecular formula is C14H21ClN2O2S. The minimum atomic E-state index is -3.30. The van der Waals surface area contributed by atoms with E-state index in [4.69, 9.17) is 11.6 Å². The second kappa shape index (κ2) is 6.87. The normalized spacial score (nSPS) is 18.9. The number of halogens is 1. The molecule has 20 heavy (non-hydrogen) atoms. The zero-order valence-electron chi connectivity index (χ0n) is 11.5. The van der Waals surface area contributed by atoms with E-state index in [2.05, 4.69) is 9.71 Å². The van der Waals surface area contributed by atoms with Gasteiger partial charge in [-0.1, -0.05) is 19.3 Å². The van der Waals surface area contributed by atoms with Crippen LogP contribution in [0.3, 0.4) is 0 Å². The summed E-state index contributed by atoms with van der Waals surface area (Å²) < 4.78 is 27.4. The Morgan fingerprint density at radius 1 is 1.20 bits per heavy atom. The van der Waals surface area contributed by atoms with Crippen molar-refractivity contribution in [1.82, 2.24) is 9.71 Å². The van der Waals surface area contributed by atoms with Crippen molar-refractivity contribution in [2.45, 2.75) is 44.1 Å². The van der Waals surface area contributed by atoms with Crippen LogP contribution >= 0.6 is 11.6 Å². The fourth-order valence-corrected chi connectivity index (χ4v) is 4.63. The lowest BCUT2D eigenvalue weighted by Crippen LogP contribution is -2.52. The molecule has 1 aliphatic rings. The third kappa shape index (κ3) is 4.43. The molecule has 0 aromatic carbocycles. The number of sulfonamides is 1. The van der Waals surface area contributed by atoms with Crippen LogP contribution in [-0.2, 0) is 16.4 Å². The Morgan fingerprint density at radius 3 is 2.45 bits per heavy atom. The lowest BCUT2D eigenvalue weighted by molar-refractivity contribution is 0.298. The van der Waals surface area contributed by atoms with E-state index in [1.807, 2.05) is 12.1 Å². The predicted octanol–water partition coefficient (Wildman–Crippen LogP) is 2.49. The standard InChI is InChI=1S/C14H21ClN2O2S/c15-12-14(7-2-1-3-8-14)17-20(18,19)11-6-13-4-9-16-10-5-13/h4-5,9-10,17H,1-3,6-8,11-12H2. The van der Waals surface area contributed by atoms with E-state index in [-0.39, 0.29) is 5.75 Å². The molecule has 0 saturated heterocycles. The van der Waals surface area contributed by atoms with Crippen LogP contribution in [0.2, 0.25) is 0 Å². The summed E-state index contributed by atoms with van der Waals surface area (Å²) in [6, 6.07) is 3.68. The van der Waals surface area contributed by atoms with Crippen molar-refractivity contribution in [2.24, 2.45) is 0 Å². The van der Waals surface area contributed by atoms with Crippen LogP contribution in [0.25, 0.3) is 0 Å². The van der Waals surface area contributed by atoms with Crippen molar-refractivity contribution in [3.63, 3.8) is 0 Å². The molecule has 0 spiro atoms. The highest BCUT2D eigenvalue weighted by Crippen LogP contribution is 2.30. The van der Waals surface area contributed by atoms with Crippen LogP contribution in [0.5, 0.6) is 0 Å². The molecule has 2 rings (SSSR count). The van der Waals surface area contributed by atoms with Gasteiger partial charge in [-0.05, 0) is 37.0 Å². The number of nitrogens with one attached hydrogen (secondary N) is 1. The van der Waals surface area contributed by atoms with Gasteiger partial charge >= 0.3 is 0 Å². The second-order valence-electron chi connectivity index (χ2n) is 5.50. The number of aryl methyl sites for hydroxylation is 1. The molecule has 0 aliphatic heterocycles. The van der Waals surface area contributed by atoms with Gasteiger partial charge in [0, 0.05) is 23.8 Å². The van der Waals surface area contributed by atoms with Crippen LogP contribution < -0.4 is 4.72 Å². The SMILES string of the molecule is O=S(=O)(CCc1ccncc1)NC1(CCl)CCCCC1. The van der Waals surface area contributed by atoms with Gasteiger partial charge in [-0.15, -0.1) is 11.6 Å². The smallest absolute Gasteiger partial charge is 0.212 e. The van der Waals surface area contributed by atoms with Crippen molar-refractivity contribution in [1.29, 1.82) is 0 Å². The van der Waals surface area contributed by atoms with Gasteiger partial charge in [-0.3, -0.25) is 4.98 Å². The van der Waals surface area contributed by atoms with Crippen LogP contribution in [0, 0.1) is 0 Å². The van der Waals surface area contributed by atoms with Crippen molar-refractivity contribution >= 4 is 21.6 Å². The molecule has 4 nitrogen and oxygen atoms in total. The quantitative estimate of drug-likeness (QED) is 0.820. The average molecular weight is 317 g/mol. The Labute approximate surface area is 126 Å². The largest absolute Gasteiger partial charge is 0.265 e. The first kappa shape index (κ1) is 15.7. The monoisotopic (exact) mass is 316 g/mol. The molecule has 1 aromatic heterocycles. The predicted molar refractivity (Wildman–Crippen MR) is 81.4 cm³/mol. The Morgan fingerprint density at radius 2 is 1.85 bits per heavy atom. The van der Waals surface area contributed by atoms with Crippen LogP contribution in [0.1, 0.15) is 37.7 Å². The summed E-state index contributed by atoms with van der Waals surface area (Å²) >= 11 is 6.03. The van der Waals surface area contributed by atoms with Crippen LogP contribution in [-0.4, -0.2) is 30.6 Å². The van der Waals surface area contributed by atoms with Crippen LogP contribution in [0.15, 0.2) is 24.5 Å². The maximum atomic E-state index is 12.3. The van der Waals surface area contributed by atoms with Crippen LogP contribution in [0.4, 0.5) is 0 Å². The highest BCUT2D eigenvalue weighted by molar-refractivity contribution is 7.89. The van der Waals surface area contributed by atoms with E-state index in [1.165, 1.54) is 0 Å². The van der Waals surface area contributed by atoms with Gasteiger partial charge in [0.2, 0.25) is 10.0 Å². The summed E-state index contributed by atoms with van der Waals surface area (Å²) in [7, 11) is -3.30. The first-order chi connectivity index (χ1) is 9.55.